The Bertz CT molecular complexity index is 1070. The smallest absolute Gasteiger partial charge is 0.138 e. The van der Waals surface area contributed by atoms with E-state index in [1.807, 2.05) is 18.3 Å². The van der Waals surface area contributed by atoms with Gasteiger partial charge in [-0.3, -0.25) is 14.3 Å². The van der Waals surface area contributed by atoms with Gasteiger partial charge in [0.15, 0.2) is 0 Å². The fourth-order valence-corrected chi connectivity index (χ4v) is 5.75. The molecule has 0 amide bonds. The van der Waals surface area contributed by atoms with Crippen molar-refractivity contribution in [3.8, 4) is 0 Å². The molecule has 3 aromatic heterocycles. The zero-order valence-electron chi connectivity index (χ0n) is 19.3. The molecular formula is C25H33ClN6. The molecule has 2 aliphatic heterocycles. The molecule has 0 bridgehead atoms. The Balaban J connectivity index is 1.42. The van der Waals surface area contributed by atoms with Gasteiger partial charge < -0.3 is 9.80 Å². The van der Waals surface area contributed by atoms with Crippen molar-refractivity contribution in [1.29, 1.82) is 0 Å². The Kier molecular flexibility index (Phi) is 6.10. The summed E-state index contributed by atoms with van der Waals surface area (Å²) < 4.78 is 2.29. The predicted molar refractivity (Wildman–Crippen MR) is 130 cm³/mol. The van der Waals surface area contributed by atoms with E-state index in [0.29, 0.717) is 6.04 Å². The standard InChI is InChI=1S/C25H33ClN6/c1-29(2)18-12-15-31(16-13-18)24-11-5-10-23-28-20(17-32(23)24)21-8-4-9-22(30(21)3)25-19(26)7-6-14-27-25/h5-7,10-11,14,17-18,21-22H,4,8-9,12-13,15-16H2,1-3H3/t21-,22+/m1/s1. The number of anilines is 1. The van der Waals surface area contributed by atoms with Crippen LogP contribution in [0.15, 0.2) is 42.7 Å². The van der Waals surface area contributed by atoms with Crippen LogP contribution in [-0.4, -0.2) is 64.4 Å². The number of halogens is 1. The summed E-state index contributed by atoms with van der Waals surface area (Å²) in [6.45, 7) is 2.16. The van der Waals surface area contributed by atoms with Gasteiger partial charge >= 0.3 is 0 Å². The highest BCUT2D eigenvalue weighted by Crippen LogP contribution is 2.41. The van der Waals surface area contributed by atoms with Crippen molar-refractivity contribution in [1.82, 2.24) is 24.2 Å². The number of hydrogen-bond donors (Lipinski definition) is 0. The second-order valence-electron chi connectivity index (χ2n) is 9.46. The second kappa shape index (κ2) is 9.00. The number of likely N-dealkylation sites (tertiary alicyclic amines) is 1. The summed E-state index contributed by atoms with van der Waals surface area (Å²) in [4.78, 5) is 17.0. The molecule has 2 saturated heterocycles. The summed E-state index contributed by atoms with van der Waals surface area (Å²) in [5, 5.41) is 0.753. The lowest BCUT2D eigenvalue weighted by Gasteiger charge is -2.38. The first-order valence-corrected chi connectivity index (χ1v) is 12.1. The third-order valence-corrected chi connectivity index (χ3v) is 7.71. The summed E-state index contributed by atoms with van der Waals surface area (Å²) in [6.07, 6.45) is 9.81. The molecule has 0 unspecified atom stereocenters. The van der Waals surface area contributed by atoms with E-state index in [0.717, 1.165) is 54.4 Å². The predicted octanol–water partition coefficient (Wildman–Crippen LogP) is 4.81. The fraction of sp³-hybridized carbons (Fsp3) is 0.520. The molecule has 5 rings (SSSR count). The van der Waals surface area contributed by atoms with Gasteiger partial charge in [0.2, 0.25) is 0 Å². The van der Waals surface area contributed by atoms with E-state index in [9.17, 15) is 0 Å². The molecule has 6 nitrogen and oxygen atoms in total. The lowest BCUT2D eigenvalue weighted by Crippen LogP contribution is -2.42. The van der Waals surface area contributed by atoms with Crippen LogP contribution in [0.1, 0.15) is 55.6 Å². The molecule has 7 heteroatoms. The van der Waals surface area contributed by atoms with Gasteiger partial charge in [-0.2, -0.15) is 0 Å². The van der Waals surface area contributed by atoms with E-state index in [-0.39, 0.29) is 12.1 Å². The molecule has 0 aliphatic carbocycles. The van der Waals surface area contributed by atoms with E-state index < -0.39 is 0 Å². The number of fused-ring (bicyclic) bond motifs is 1. The summed E-state index contributed by atoms with van der Waals surface area (Å²) in [5.74, 6) is 1.25. The van der Waals surface area contributed by atoms with Crippen LogP contribution in [0.3, 0.4) is 0 Å². The van der Waals surface area contributed by atoms with E-state index in [1.54, 1.807) is 0 Å². The van der Waals surface area contributed by atoms with E-state index >= 15 is 0 Å². The van der Waals surface area contributed by atoms with Gasteiger partial charge in [-0.1, -0.05) is 17.7 Å². The first kappa shape index (κ1) is 21.7. The molecular weight excluding hydrogens is 420 g/mol. The molecule has 2 fully saturated rings. The molecule has 0 N–H and O–H groups in total. The summed E-state index contributed by atoms with van der Waals surface area (Å²) in [5.41, 5.74) is 3.15. The number of piperidine rings is 2. The van der Waals surface area contributed by atoms with Crippen molar-refractivity contribution in [2.45, 2.75) is 50.2 Å². The van der Waals surface area contributed by atoms with E-state index in [4.69, 9.17) is 16.6 Å². The highest BCUT2D eigenvalue weighted by molar-refractivity contribution is 6.31. The largest absolute Gasteiger partial charge is 0.358 e. The Morgan fingerprint density at radius 1 is 1.00 bits per heavy atom. The summed E-state index contributed by atoms with van der Waals surface area (Å²) in [6, 6.07) is 11.5. The third-order valence-electron chi connectivity index (χ3n) is 7.39. The number of rotatable bonds is 4. The molecule has 5 heterocycles. The van der Waals surface area contributed by atoms with Crippen LogP contribution in [0.25, 0.3) is 5.65 Å². The monoisotopic (exact) mass is 452 g/mol. The molecule has 32 heavy (non-hydrogen) atoms. The second-order valence-corrected chi connectivity index (χ2v) is 9.87. The number of imidazole rings is 1. The SMILES string of the molecule is CN(C)C1CCN(c2cccc3nc([C@H]4CCC[C@@H](c5ncccc5Cl)N4C)cn23)CC1. The Labute approximate surface area is 195 Å². The summed E-state index contributed by atoms with van der Waals surface area (Å²) >= 11 is 6.50. The van der Waals surface area contributed by atoms with Crippen LogP contribution >= 0.6 is 11.6 Å². The maximum Gasteiger partial charge on any atom is 0.138 e. The maximum atomic E-state index is 6.50. The van der Waals surface area contributed by atoms with Crippen molar-refractivity contribution >= 4 is 23.1 Å². The molecule has 0 aromatic carbocycles. The highest BCUT2D eigenvalue weighted by atomic mass is 35.5. The number of hydrogen-bond acceptors (Lipinski definition) is 5. The van der Waals surface area contributed by atoms with Crippen LogP contribution < -0.4 is 4.90 Å². The van der Waals surface area contributed by atoms with Gasteiger partial charge in [0, 0.05) is 31.5 Å². The van der Waals surface area contributed by atoms with Crippen molar-refractivity contribution < 1.29 is 0 Å². The van der Waals surface area contributed by atoms with Crippen LogP contribution in [0.4, 0.5) is 5.82 Å². The van der Waals surface area contributed by atoms with Crippen LogP contribution in [0.5, 0.6) is 0 Å². The maximum absolute atomic E-state index is 6.50. The number of nitrogens with zero attached hydrogens (tertiary/aromatic N) is 6. The lowest BCUT2D eigenvalue weighted by atomic mass is 9.92. The minimum absolute atomic E-state index is 0.219. The van der Waals surface area contributed by atoms with Gasteiger partial charge in [0.1, 0.15) is 11.5 Å². The first-order valence-electron chi connectivity index (χ1n) is 11.7. The molecule has 0 saturated carbocycles. The zero-order valence-corrected chi connectivity index (χ0v) is 20.0. The fourth-order valence-electron chi connectivity index (χ4n) is 5.50. The Hall–Kier alpha value is -2.15. The van der Waals surface area contributed by atoms with E-state index in [1.165, 1.54) is 18.7 Å². The number of aromatic nitrogens is 3. The third kappa shape index (κ3) is 4.00. The normalized spacial score (nSPS) is 23.3. The molecule has 2 aliphatic rings. The molecule has 170 valence electrons. The van der Waals surface area contributed by atoms with Crippen molar-refractivity contribution in [2.24, 2.45) is 0 Å². The van der Waals surface area contributed by atoms with Crippen LogP contribution in [-0.2, 0) is 0 Å². The van der Waals surface area contributed by atoms with Crippen LogP contribution in [0, 0.1) is 0 Å². The molecule has 0 spiro atoms. The minimum atomic E-state index is 0.219. The quantitative estimate of drug-likeness (QED) is 0.568. The average Bonchev–Trinajstić information content (AvgIpc) is 3.24. The topological polar surface area (TPSA) is 39.9 Å². The Morgan fingerprint density at radius 3 is 2.53 bits per heavy atom. The zero-order chi connectivity index (χ0) is 22.2. The van der Waals surface area contributed by atoms with Crippen molar-refractivity contribution in [3.05, 3.63) is 59.1 Å². The summed E-state index contributed by atoms with van der Waals surface area (Å²) in [7, 11) is 6.57. The Morgan fingerprint density at radius 2 is 1.78 bits per heavy atom. The van der Waals surface area contributed by atoms with Crippen LogP contribution in [0.2, 0.25) is 5.02 Å². The highest BCUT2D eigenvalue weighted by Gasteiger charge is 2.33. The number of pyridine rings is 2. The van der Waals surface area contributed by atoms with Gasteiger partial charge in [0.25, 0.3) is 0 Å². The molecule has 0 radical (unpaired) electrons. The van der Waals surface area contributed by atoms with Crippen molar-refractivity contribution in [3.63, 3.8) is 0 Å². The minimum Gasteiger partial charge on any atom is -0.358 e. The molecule has 3 aromatic rings. The van der Waals surface area contributed by atoms with E-state index in [2.05, 4.69) is 69.6 Å². The van der Waals surface area contributed by atoms with Gasteiger partial charge in [-0.25, -0.2) is 4.98 Å². The van der Waals surface area contributed by atoms with Gasteiger partial charge in [-0.05, 0) is 77.5 Å². The van der Waals surface area contributed by atoms with Crippen molar-refractivity contribution in [2.75, 3.05) is 39.1 Å². The molecule has 2 atom stereocenters. The lowest BCUT2D eigenvalue weighted by molar-refractivity contribution is 0.110. The van der Waals surface area contributed by atoms with Gasteiger partial charge in [0.05, 0.1) is 28.5 Å². The van der Waals surface area contributed by atoms with Gasteiger partial charge in [-0.15, -0.1) is 0 Å². The first-order chi connectivity index (χ1) is 15.5. The average molecular weight is 453 g/mol.